The number of benzene rings is 1. The van der Waals surface area contributed by atoms with Crippen molar-refractivity contribution in [2.75, 3.05) is 13.1 Å². The molecule has 0 aliphatic heterocycles. The molecule has 1 aromatic carbocycles. The molecule has 21 heavy (non-hydrogen) atoms. The van der Waals surface area contributed by atoms with E-state index >= 15 is 0 Å². The van der Waals surface area contributed by atoms with Gasteiger partial charge in [0.1, 0.15) is 0 Å². The Morgan fingerprint density at radius 2 is 2.10 bits per heavy atom. The highest BCUT2D eigenvalue weighted by atomic mass is 35.5. The van der Waals surface area contributed by atoms with Crippen LogP contribution in [-0.4, -0.2) is 34.9 Å². The maximum Gasteiger partial charge on any atom is 0.239 e. The molecule has 2 aromatic rings. The molecule has 0 radical (unpaired) electrons. The van der Waals surface area contributed by atoms with Gasteiger partial charge in [0.25, 0.3) is 0 Å². The van der Waals surface area contributed by atoms with Crippen molar-refractivity contribution in [1.82, 2.24) is 15.2 Å². The van der Waals surface area contributed by atoms with Crippen molar-refractivity contribution in [3.8, 4) is 0 Å². The van der Waals surface area contributed by atoms with Gasteiger partial charge in [0.2, 0.25) is 5.91 Å². The second-order valence-electron chi connectivity index (χ2n) is 5.12. The topological polar surface area (TPSA) is 48.1 Å². The van der Waals surface area contributed by atoms with Gasteiger partial charge in [-0.2, -0.15) is 0 Å². The fraction of sp³-hybridized carbons (Fsp3) is 0.438. The molecular formula is C16H22ClN3O. The van der Waals surface area contributed by atoms with E-state index in [1.807, 2.05) is 50.1 Å². The van der Waals surface area contributed by atoms with Crippen molar-refractivity contribution in [2.45, 2.75) is 33.4 Å². The lowest BCUT2D eigenvalue weighted by Crippen LogP contribution is -2.44. The molecule has 2 rings (SSSR count). The molecule has 0 saturated carbocycles. The molecule has 1 unspecified atom stereocenters. The van der Waals surface area contributed by atoms with Crippen molar-refractivity contribution < 1.29 is 4.79 Å². The Hall–Kier alpha value is -1.52. The molecule has 1 heterocycles. The van der Waals surface area contributed by atoms with Crippen LogP contribution in [0.2, 0.25) is 5.02 Å². The summed E-state index contributed by atoms with van der Waals surface area (Å²) in [5.41, 5.74) is 2.16. The predicted octanol–water partition coefficient (Wildman–Crippen LogP) is 3.17. The predicted molar refractivity (Wildman–Crippen MR) is 87.5 cm³/mol. The second-order valence-corrected chi connectivity index (χ2v) is 5.55. The lowest BCUT2D eigenvalue weighted by atomic mass is 10.1. The number of halogens is 1. The van der Waals surface area contributed by atoms with Gasteiger partial charge in [-0.05, 0) is 38.5 Å². The minimum Gasteiger partial charge on any atom is -0.361 e. The molecule has 0 spiro atoms. The first-order valence-corrected chi connectivity index (χ1v) is 7.72. The summed E-state index contributed by atoms with van der Waals surface area (Å²) in [5.74, 6) is 0.142. The largest absolute Gasteiger partial charge is 0.361 e. The lowest BCUT2D eigenvalue weighted by molar-refractivity contribution is -0.132. The standard InChI is InChI=1S/C16H22ClN3O/c1-4-20(5-2)16(21)11(3)18-9-12-10-19-15-8-13(17)6-7-14(12)15/h6-8,10-11,18-19H,4-5,9H2,1-3H3. The number of rotatable bonds is 6. The average molecular weight is 308 g/mol. The highest BCUT2D eigenvalue weighted by Gasteiger charge is 2.17. The van der Waals surface area contributed by atoms with Gasteiger partial charge in [-0.25, -0.2) is 0 Å². The molecule has 2 N–H and O–H groups in total. The van der Waals surface area contributed by atoms with Crippen molar-refractivity contribution >= 4 is 28.4 Å². The quantitative estimate of drug-likeness (QED) is 0.861. The van der Waals surface area contributed by atoms with Gasteiger partial charge in [-0.1, -0.05) is 17.7 Å². The van der Waals surface area contributed by atoms with Crippen molar-refractivity contribution in [2.24, 2.45) is 0 Å². The maximum absolute atomic E-state index is 12.2. The molecule has 0 aliphatic carbocycles. The molecular weight excluding hydrogens is 286 g/mol. The first-order chi connectivity index (χ1) is 10.1. The molecule has 114 valence electrons. The number of fused-ring (bicyclic) bond motifs is 1. The Bertz CT molecular complexity index is 619. The molecule has 0 bridgehead atoms. The molecule has 0 fully saturated rings. The number of nitrogens with zero attached hydrogens (tertiary/aromatic N) is 1. The van der Waals surface area contributed by atoms with Crippen molar-refractivity contribution in [3.05, 3.63) is 35.0 Å². The number of hydrogen-bond donors (Lipinski definition) is 2. The third-order valence-corrected chi connectivity index (χ3v) is 4.01. The third kappa shape index (κ3) is 3.57. The summed E-state index contributed by atoms with van der Waals surface area (Å²) in [5, 5.41) is 5.15. The van der Waals surface area contributed by atoms with Crippen LogP contribution in [0.4, 0.5) is 0 Å². The summed E-state index contributed by atoms with van der Waals surface area (Å²) in [6, 6.07) is 5.60. The molecule has 1 aromatic heterocycles. The molecule has 5 heteroatoms. The summed E-state index contributed by atoms with van der Waals surface area (Å²) in [6.45, 7) is 8.04. The van der Waals surface area contributed by atoms with E-state index in [4.69, 9.17) is 11.6 Å². The van der Waals surface area contributed by atoms with E-state index in [2.05, 4.69) is 10.3 Å². The van der Waals surface area contributed by atoms with E-state index in [0.29, 0.717) is 11.6 Å². The van der Waals surface area contributed by atoms with Crippen LogP contribution < -0.4 is 5.32 Å². The normalized spacial score (nSPS) is 12.6. The Kier molecular flexibility index (Phi) is 5.26. The van der Waals surface area contributed by atoms with Crippen LogP contribution >= 0.6 is 11.6 Å². The number of nitrogens with one attached hydrogen (secondary N) is 2. The lowest BCUT2D eigenvalue weighted by Gasteiger charge is -2.23. The average Bonchev–Trinajstić information content (AvgIpc) is 2.88. The molecule has 0 aliphatic rings. The summed E-state index contributed by atoms with van der Waals surface area (Å²) >= 11 is 5.98. The first-order valence-electron chi connectivity index (χ1n) is 7.34. The fourth-order valence-corrected chi connectivity index (χ4v) is 2.64. The number of carbonyl (C=O) groups is 1. The van der Waals surface area contributed by atoms with Gasteiger partial charge in [0, 0.05) is 41.8 Å². The van der Waals surface area contributed by atoms with Crippen LogP contribution in [0.15, 0.2) is 24.4 Å². The van der Waals surface area contributed by atoms with E-state index in [9.17, 15) is 4.79 Å². The summed E-state index contributed by atoms with van der Waals surface area (Å²) in [4.78, 5) is 17.3. The maximum atomic E-state index is 12.2. The van der Waals surface area contributed by atoms with E-state index in [0.717, 1.165) is 29.6 Å². The number of hydrogen-bond acceptors (Lipinski definition) is 2. The van der Waals surface area contributed by atoms with Crippen LogP contribution in [0, 0.1) is 0 Å². The zero-order valence-electron chi connectivity index (χ0n) is 12.7. The van der Waals surface area contributed by atoms with Crippen LogP contribution in [0.1, 0.15) is 26.3 Å². The number of carbonyl (C=O) groups excluding carboxylic acids is 1. The Balaban J connectivity index is 2.03. The summed E-state index contributed by atoms with van der Waals surface area (Å²) < 4.78 is 0. The van der Waals surface area contributed by atoms with Crippen LogP contribution in [0.3, 0.4) is 0 Å². The number of H-pyrrole nitrogens is 1. The third-order valence-electron chi connectivity index (χ3n) is 3.77. The fourth-order valence-electron chi connectivity index (χ4n) is 2.46. The molecule has 4 nitrogen and oxygen atoms in total. The zero-order chi connectivity index (χ0) is 15.4. The van der Waals surface area contributed by atoms with Gasteiger partial charge >= 0.3 is 0 Å². The minimum absolute atomic E-state index is 0.142. The molecule has 1 amide bonds. The minimum atomic E-state index is -0.192. The van der Waals surface area contributed by atoms with E-state index in [1.165, 1.54) is 0 Å². The van der Waals surface area contributed by atoms with Gasteiger partial charge < -0.3 is 15.2 Å². The van der Waals surface area contributed by atoms with Gasteiger partial charge in [-0.3, -0.25) is 4.79 Å². The number of aromatic nitrogens is 1. The van der Waals surface area contributed by atoms with Crippen LogP contribution in [-0.2, 0) is 11.3 Å². The monoisotopic (exact) mass is 307 g/mol. The number of likely N-dealkylation sites (N-methyl/N-ethyl adjacent to an activating group) is 1. The summed E-state index contributed by atoms with van der Waals surface area (Å²) in [7, 11) is 0. The van der Waals surface area contributed by atoms with Gasteiger partial charge in [-0.15, -0.1) is 0 Å². The van der Waals surface area contributed by atoms with E-state index < -0.39 is 0 Å². The van der Waals surface area contributed by atoms with Gasteiger partial charge in [0.05, 0.1) is 6.04 Å². The van der Waals surface area contributed by atoms with Gasteiger partial charge in [0.15, 0.2) is 0 Å². The Labute approximate surface area is 130 Å². The highest BCUT2D eigenvalue weighted by molar-refractivity contribution is 6.31. The van der Waals surface area contributed by atoms with Crippen LogP contribution in [0.5, 0.6) is 0 Å². The van der Waals surface area contributed by atoms with E-state index in [-0.39, 0.29) is 11.9 Å². The zero-order valence-corrected chi connectivity index (χ0v) is 13.5. The smallest absolute Gasteiger partial charge is 0.239 e. The van der Waals surface area contributed by atoms with Crippen molar-refractivity contribution in [1.29, 1.82) is 0 Å². The number of amides is 1. The second kappa shape index (κ2) is 6.96. The number of aromatic amines is 1. The van der Waals surface area contributed by atoms with E-state index in [1.54, 1.807) is 0 Å². The summed E-state index contributed by atoms with van der Waals surface area (Å²) in [6.07, 6.45) is 1.96. The van der Waals surface area contributed by atoms with Crippen molar-refractivity contribution in [3.63, 3.8) is 0 Å². The SMILES string of the molecule is CCN(CC)C(=O)C(C)NCc1c[nH]c2cc(Cl)ccc12. The Morgan fingerprint density at radius 3 is 2.76 bits per heavy atom. The van der Waals surface area contributed by atoms with Crippen LogP contribution in [0.25, 0.3) is 10.9 Å². The molecule has 1 atom stereocenters. The Morgan fingerprint density at radius 1 is 1.38 bits per heavy atom. The highest BCUT2D eigenvalue weighted by Crippen LogP contribution is 2.21. The molecule has 0 saturated heterocycles. The first kappa shape index (κ1) is 15.9.